The number of rotatable bonds is 6. The lowest BCUT2D eigenvalue weighted by Gasteiger charge is -2.21. The molecule has 184 valence electrons. The molecule has 0 radical (unpaired) electrons. The molecule has 3 heterocycles. The van der Waals surface area contributed by atoms with E-state index in [2.05, 4.69) is 77.5 Å². The summed E-state index contributed by atoms with van der Waals surface area (Å²) in [6.07, 6.45) is 2.92. The number of aryl methyl sites for hydroxylation is 1. The van der Waals surface area contributed by atoms with Gasteiger partial charge in [0.05, 0.1) is 18.7 Å². The maximum absolute atomic E-state index is 6.42. The lowest BCUT2D eigenvalue weighted by atomic mass is 9.97. The molecule has 0 spiro atoms. The highest BCUT2D eigenvalue weighted by atomic mass is 16.5. The summed E-state index contributed by atoms with van der Waals surface area (Å²) in [6.45, 7) is 7.48. The molecule has 3 aromatic carbocycles. The van der Waals surface area contributed by atoms with Gasteiger partial charge in [-0.25, -0.2) is 0 Å². The maximum Gasteiger partial charge on any atom is 0.165 e. The molecule has 1 atom stereocenters. The smallest absolute Gasteiger partial charge is 0.165 e. The van der Waals surface area contributed by atoms with Crippen LogP contribution in [0.5, 0.6) is 11.5 Å². The van der Waals surface area contributed by atoms with Crippen LogP contribution in [0.4, 0.5) is 0 Å². The fourth-order valence-corrected chi connectivity index (χ4v) is 5.29. The molecule has 6 rings (SSSR count). The standard InChI is InChI=1S/C31H32N2O3/c1-22-6-2-3-10-28(22)26-16-27-19-33(18-25-8-4-7-24-9-5-12-32-30(24)25)13-15-35-31(27)29(17-26)36-21-23-11-14-34-20-23/h2-10,12,16-17,23H,11,13-15,18-21H2,1H3/t23-/m1/s1. The van der Waals surface area contributed by atoms with Crippen LogP contribution in [0.3, 0.4) is 0 Å². The Hall–Kier alpha value is -3.41. The van der Waals surface area contributed by atoms with Crippen molar-refractivity contribution in [2.24, 2.45) is 5.92 Å². The highest BCUT2D eigenvalue weighted by Crippen LogP contribution is 2.40. The van der Waals surface area contributed by atoms with E-state index < -0.39 is 0 Å². The molecule has 2 aliphatic heterocycles. The van der Waals surface area contributed by atoms with Crippen molar-refractivity contribution in [2.75, 3.05) is 33.0 Å². The molecular formula is C31H32N2O3. The van der Waals surface area contributed by atoms with Gasteiger partial charge in [-0.3, -0.25) is 9.88 Å². The minimum atomic E-state index is 0.434. The van der Waals surface area contributed by atoms with Crippen LogP contribution in [0.15, 0.2) is 72.9 Å². The average Bonchev–Trinajstić information content (AvgIpc) is 3.34. The van der Waals surface area contributed by atoms with Crippen molar-refractivity contribution in [3.63, 3.8) is 0 Å². The Labute approximate surface area is 212 Å². The molecule has 5 nitrogen and oxygen atoms in total. The molecule has 0 unspecified atom stereocenters. The van der Waals surface area contributed by atoms with E-state index >= 15 is 0 Å². The van der Waals surface area contributed by atoms with Crippen LogP contribution in [0, 0.1) is 12.8 Å². The third-order valence-corrected chi connectivity index (χ3v) is 7.24. The topological polar surface area (TPSA) is 43.8 Å². The molecule has 0 aliphatic carbocycles. The molecule has 0 amide bonds. The quantitative estimate of drug-likeness (QED) is 0.338. The van der Waals surface area contributed by atoms with E-state index in [-0.39, 0.29) is 0 Å². The number of hydrogen-bond donors (Lipinski definition) is 0. The van der Waals surface area contributed by atoms with Crippen molar-refractivity contribution in [3.8, 4) is 22.6 Å². The summed E-state index contributed by atoms with van der Waals surface area (Å²) in [7, 11) is 0. The summed E-state index contributed by atoms with van der Waals surface area (Å²) in [5.74, 6) is 2.15. The Morgan fingerprint density at radius 1 is 1.03 bits per heavy atom. The first-order chi connectivity index (χ1) is 17.7. The zero-order valence-corrected chi connectivity index (χ0v) is 20.8. The summed E-state index contributed by atoms with van der Waals surface area (Å²) in [6, 6.07) is 23.5. The number of benzene rings is 3. The van der Waals surface area contributed by atoms with E-state index in [0.29, 0.717) is 19.1 Å². The number of aromatic nitrogens is 1. The van der Waals surface area contributed by atoms with E-state index in [1.54, 1.807) is 0 Å². The van der Waals surface area contributed by atoms with Gasteiger partial charge in [0.15, 0.2) is 11.5 Å². The molecule has 2 aliphatic rings. The first-order valence-electron chi connectivity index (χ1n) is 12.9. The van der Waals surface area contributed by atoms with E-state index in [0.717, 1.165) is 56.3 Å². The van der Waals surface area contributed by atoms with Gasteiger partial charge in [-0.2, -0.15) is 0 Å². The Morgan fingerprint density at radius 2 is 1.94 bits per heavy atom. The number of pyridine rings is 1. The first-order valence-corrected chi connectivity index (χ1v) is 12.9. The largest absolute Gasteiger partial charge is 0.489 e. The van der Waals surface area contributed by atoms with Gasteiger partial charge in [-0.15, -0.1) is 0 Å². The summed E-state index contributed by atoms with van der Waals surface area (Å²) in [5, 5.41) is 1.18. The van der Waals surface area contributed by atoms with Gasteiger partial charge < -0.3 is 14.2 Å². The first kappa shape index (κ1) is 23.0. The second-order valence-corrected chi connectivity index (χ2v) is 9.87. The second kappa shape index (κ2) is 10.3. The van der Waals surface area contributed by atoms with Crippen molar-refractivity contribution >= 4 is 10.9 Å². The van der Waals surface area contributed by atoms with Gasteiger partial charge in [-0.05, 0) is 53.8 Å². The Kier molecular flexibility index (Phi) is 6.58. The number of fused-ring (bicyclic) bond motifs is 2. The SMILES string of the molecule is Cc1ccccc1-c1cc2c(c(OC[C@@H]3CCOC3)c1)OCCN(Cc1cccc3cccnc13)C2. The van der Waals surface area contributed by atoms with Crippen LogP contribution in [0.25, 0.3) is 22.0 Å². The normalized spacial score (nSPS) is 18.0. The van der Waals surface area contributed by atoms with E-state index in [1.807, 2.05) is 12.3 Å². The number of ether oxygens (including phenoxy) is 3. The van der Waals surface area contributed by atoms with Crippen LogP contribution >= 0.6 is 0 Å². The summed E-state index contributed by atoms with van der Waals surface area (Å²) >= 11 is 0. The zero-order chi connectivity index (χ0) is 24.3. The van der Waals surface area contributed by atoms with Crippen LogP contribution in [-0.2, 0) is 17.8 Å². The molecule has 1 saturated heterocycles. The molecular weight excluding hydrogens is 448 g/mol. The highest BCUT2D eigenvalue weighted by molar-refractivity contribution is 5.81. The van der Waals surface area contributed by atoms with Crippen LogP contribution in [0.2, 0.25) is 0 Å². The maximum atomic E-state index is 6.42. The molecule has 5 heteroatoms. The van der Waals surface area contributed by atoms with Crippen molar-refractivity contribution in [1.29, 1.82) is 0 Å². The molecule has 0 N–H and O–H groups in total. The fourth-order valence-electron chi connectivity index (χ4n) is 5.29. The van der Waals surface area contributed by atoms with Crippen LogP contribution in [-0.4, -0.2) is 42.9 Å². The summed E-state index contributed by atoms with van der Waals surface area (Å²) < 4.78 is 18.3. The number of hydrogen-bond acceptors (Lipinski definition) is 5. The van der Waals surface area contributed by atoms with Gasteiger partial charge in [0, 0.05) is 49.3 Å². The number of nitrogens with zero attached hydrogens (tertiary/aromatic N) is 2. The van der Waals surface area contributed by atoms with Crippen molar-refractivity contribution < 1.29 is 14.2 Å². The Bertz CT molecular complexity index is 1360. The lowest BCUT2D eigenvalue weighted by Crippen LogP contribution is -2.25. The minimum Gasteiger partial charge on any atom is -0.489 e. The number of para-hydroxylation sites is 1. The lowest BCUT2D eigenvalue weighted by molar-refractivity contribution is 0.164. The second-order valence-electron chi connectivity index (χ2n) is 9.87. The van der Waals surface area contributed by atoms with Crippen molar-refractivity contribution in [1.82, 2.24) is 9.88 Å². The average molecular weight is 481 g/mol. The monoisotopic (exact) mass is 480 g/mol. The van der Waals surface area contributed by atoms with Crippen LogP contribution < -0.4 is 9.47 Å². The van der Waals surface area contributed by atoms with Gasteiger partial charge >= 0.3 is 0 Å². The van der Waals surface area contributed by atoms with Crippen molar-refractivity contribution in [2.45, 2.75) is 26.4 Å². The summed E-state index contributed by atoms with van der Waals surface area (Å²) in [4.78, 5) is 7.12. The van der Waals surface area contributed by atoms with E-state index in [1.165, 1.54) is 33.2 Å². The Morgan fingerprint density at radius 3 is 2.83 bits per heavy atom. The van der Waals surface area contributed by atoms with Crippen molar-refractivity contribution in [3.05, 3.63) is 89.6 Å². The van der Waals surface area contributed by atoms with Gasteiger partial charge in [-0.1, -0.05) is 48.5 Å². The predicted molar refractivity (Wildman–Crippen MR) is 142 cm³/mol. The molecule has 1 aromatic heterocycles. The van der Waals surface area contributed by atoms with Gasteiger partial charge in [0.1, 0.15) is 6.61 Å². The molecule has 1 fully saturated rings. The molecule has 0 bridgehead atoms. The zero-order valence-electron chi connectivity index (χ0n) is 20.8. The molecule has 0 saturated carbocycles. The van der Waals surface area contributed by atoms with Gasteiger partial charge in [0.25, 0.3) is 0 Å². The Balaban J connectivity index is 1.34. The highest BCUT2D eigenvalue weighted by Gasteiger charge is 2.23. The predicted octanol–water partition coefficient (Wildman–Crippen LogP) is 6.02. The van der Waals surface area contributed by atoms with E-state index in [9.17, 15) is 0 Å². The third kappa shape index (κ3) is 4.81. The molecule has 36 heavy (non-hydrogen) atoms. The van der Waals surface area contributed by atoms with Crippen LogP contribution in [0.1, 0.15) is 23.1 Å². The van der Waals surface area contributed by atoms with Gasteiger partial charge in [0.2, 0.25) is 0 Å². The fraction of sp³-hybridized carbons (Fsp3) is 0.323. The summed E-state index contributed by atoms with van der Waals surface area (Å²) in [5.41, 5.74) is 7.12. The van der Waals surface area contributed by atoms with E-state index in [4.69, 9.17) is 14.2 Å². The molecule has 4 aromatic rings. The minimum absolute atomic E-state index is 0.434. The third-order valence-electron chi connectivity index (χ3n) is 7.24.